The first-order chi connectivity index (χ1) is 12.3. The molecule has 3 nitrogen and oxygen atoms in total. The minimum Gasteiger partial charge on any atom is -0.489 e. The third-order valence-electron chi connectivity index (χ3n) is 4.02. The molecule has 0 saturated carbocycles. The van der Waals surface area contributed by atoms with Crippen LogP contribution in [-0.2, 0) is 6.61 Å². The summed E-state index contributed by atoms with van der Waals surface area (Å²) in [4.78, 5) is 12.2. The van der Waals surface area contributed by atoms with E-state index in [2.05, 4.69) is 0 Å². The molecule has 0 aliphatic carbocycles. The molecule has 4 rings (SSSR count). The highest BCUT2D eigenvalue weighted by Crippen LogP contribution is 2.24. The molecular weight excluding hydrogens is 312 g/mol. The highest BCUT2D eigenvalue weighted by atomic mass is 16.5. The molecule has 1 aromatic heterocycles. The predicted molar refractivity (Wildman–Crippen MR) is 98.7 cm³/mol. The quantitative estimate of drug-likeness (QED) is 0.527. The first-order valence-electron chi connectivity index (χ1n) is 8.10. The molecule has 0 unspecified atom stereocenters. The van der Waals surface area contributed by atoms with Crippen molar-refractivity contribution in [2.45, 2.75) is 6.61 Å². The number of para-hydroxylation sites is 1. The number of rotatable bonds is 4. The molecule has 1 heterocycles. The molecule has 0 bridgehead atoms. The summed E-state index contributed by atoms with van der Waals surface area (Å²) in [6.45, 7) is 0.519. The third kappa shape index (κ3) is 3.31. The second-order valence-corrected chi connectivity index (χ2v) is 5.77. The Morgan fingerprint density at radius 1 is 0.800 bits per heavy atom. The van der Waals surface area contributed by atoms with Gasteiger partial charge in [0, 0.05) is 11.6 Å². The van der Waals surface area contributed by atoms with Crippen LogP contribution in [0.3, 0.4) is 0 Å². The van der Waals surface area contributed by atoms with Crippen molar-refractivity contribution < 1.29 is 9.15 Å². The molecule has 0 atom stereocenters. The van der Waals surface area contributed by atoms with Crippen molar-refractivity contribution in [1.29, 1.82) is 0 Å². The van der Waals surface area contributed by atoms with Crippen molar-refractivity contribution in [2.75, 3.05) is 0 Å². The third-order valence-corrected chi connectivity index (χ3v) is 4.02. The summed E-state index contributed by atoms with van der Waals surface area (Å²) in [5, 5.41) is 0.592. The van der Waals surface area contributed by atoms with Gasteiger partial charge in [0.25, 0.3) is 0 Å². The zero-order valence-electron chi connectivity index (χ0n) is 13.5. The summed E-state index contributed by atoms with van der Waals surface area (Å²) < 4.78 is 11.6. The summed E-state index contributed by atoms with van der Waals surface area (Å²) in [5.74, 6) is 1.33. The van der Waals surface area contributed by atoms with Crippen LogP contribution in [0.15, 0.2) is 94.1 Å². The summed E-state index contributed by atoms with van der Waals surface area (Å²) in [6, 6.07) is 26.4. The van der Waals surface area contributed by atoms with Gasteiger partial charge in [-0.3, -0.25) is 4.79 Å². The van der Waals surface area contributed by atoms with E-state index in [1.807, 2.05) is 66.7 Å². The normalized spacial score (nSPS) is 10.7. The van der Waals surface area contributed by atoms with E-state index in [1.54, 1.807) is 12.1 Å². The number of fused-ring (bicyclic) bond motifs is 1. The van der Waals surface area contributed by atoms with Gasteiger partial charge in [-0.05, 0) is 42.0 Å². The second-order valence-electron chi connectivity index (χ2n) is 5.77. The van der Waals surface area contributed by atoms with Gasteiger partial charge in [0.15, 0.2) is 5.43 Å². The smallest absolute Gasteiger partial charge is 0.193 e. The monoisotopic (exact) mass is 328 g/mol. The van der Waals surface area contributed by atoms with Crippen LogP contribution in [0.4, 0.5) is 0 Å². The maximum atomic E-state index is 12.2. The molecule has 0 amide bonds. The largest absolute Gasteiger partial charge is 0.489 e. The second kappa shape index (κ2) is 6.65. The molecule has 0 spiro atoms. The minimum absolute atomic E-state index is 0.0405. The van der Waals surface area contributed by atoms with Gasteiger partial charge < -0.3 is 9.15 Å². The Labute approximate surface area is 145 Å². The number of hydrogen-bond donors (Lipinski definition) is 0. The van der Waals surface area contributed by atoms with Crippen molar-refractivity contribution >= 4 is 11.0 Å². The average Bonchev–Trinajstić information content (AvgIpc) is 2.68. The topological polar surface area (TPSA) is 39.4 Å². The molecule has 25 heavy (non-hydrogen) atoms. The molecule has 0 radical (unpaired) electrons. The van der Waals surface area contributed by atoms with Crippen molar-refractivity contribution in [3.8, 4) is 17.1 Å². The molecular formula is C22H16O3. The van der Waals surface area contributed by atoms with Crippen molar-refractivity contribution in [2.24, 2.45) is 0 Å². The van der Waals surface area contributed by atoms with Crippen LogP contribution in [0, 0.1) is 0 Å². The van der Waals surface area contributed by atoms with E-state index in [4.69, 9.17) is 9.15 Å². The Kier molecular flexibility index (Phi) is 4.05. The van der Waals surface area contributed by atoms with Crippen LogP contribution in [0.2, 0.25) is 0 Å². The average molecular weight is 328 g/mol. The lowest BCUT2D eigenvalue weighted by molar-refractivity contribution is 0.306. The van der Waals surface area contributed by atoms with Gasteiger partial charge in [0.2, 0.25) is 0 Å². The van der Waals surface area contributed by atoms with Crippen LogP contribution < -0.4 is 10.2 Å². The number of ether oxygens (including phenoxy) is 1. The summed E-state index contributed by atoms with van der Waals surface area (Å²) in [5.41, 5.74) is 2.51. The fraction of sp³-hybridized carbons (Fsp3) is 0.0455. The van der Waals surface area contributed by atoms with E-state index < -0.39 is 0 Å². The van der Waals surface area contributed by atoms with Gasteiger partial charge >= 0.3 is 0 Å². The van der Waals surface area contributed by atoms with E-state index in [0.717, 1.165) is 16.9 Å². The lowest BCUT2D eigenvalue weighted by Crippen LogP contribution is -2.00. The van der Waals surface area contributed by atoms with E-state index >= 15 is 0 Å². The van der Waals surface area contributed by atoms with Crippen LogP contribution in [0.1, 0.15) is 5.56 Å². The fourth-order valence-corrected chi connectivity index (χ4v) is 2.70. The van der Waals surface area contributed by atoms with Gasteiger partial charge in [0.1, 0.15) is 23.7 Å². The Hall–Kier alpha value is -3.33. The van der Waals surface area contributed by atoms with E-state index in [0.29, 0.717) is 23.3 Å². The Bertz CT molecular complexity index is 1050. The molecule has 0 aliphatic heterocycles. The van der Waals surface area contributed by atoms with Crippen LogP contribution in [-0.4, -0.2) is 0 Å². The molecule has 0 aliphatic rings. The molecule has 4 aromatic rings. The Morgan fingerprint density at radius 3 is 2.32 bits per heavy atom. The number of benzene rings is 3. The molecule has 122 valence electrons. The Morgan fingerprint density at radius 2 is 1.52 bits per heavy atom. The van der Waals surface area contributed by atoms with Gasteiger partial charge in [-0.15, -0.1) is 0 Å². The molecule has 0 fully saturated rings. The van der Waals surface area contributed by atoms with Crippen molar-refractivity contribution in [1.82, 2.24) is 0 Å². The Balaban J connectivity index is 1.57. The molecule has 3 aromatic carbocycles. The highest BCUT2D eigenvalue weighted by molar-refractivity contribution is 5.78. The van der Waals surface area contributed by atoms with Gasteiger partial charge in [0.05, 0.1) is 5.39 Å². The number of hydrogen-bond acceptors (Lipinski definition) is 3. The zero-order valence-corrected chi connectivity index (χ0v) is 13.5. The molecule has 3 heteroatoms. The van der Waals surface area contributed by atoms with Crippen LogP contribution >= 0.6 is 0 Å². The van der Waals surface area contributed by atoms with Gasteiger partial charge in [-0.1, -0.05) is 42.5 Å². The van der Waals surface area contributed by atoms with Crippen LogP contribution in [0.5, 0.6) is 5.75 Å². The minimum atomic E-state index is -0.0405. The summed E-state index contributed by atoms with van der Waals surface area (Å²) >= 11 is 0. The predicted octanol–water partition coefficient (Wildman–Crippen LogP) is 5.04. The maximum Gasteiger partial charge on any atom is 0.193 e. The first kappa shape index (κ1) is 15.2. The lowest BCUT2D eigenvalue weighted by Gasteiger charge is -2.07. The molecule has 0 N–H and O–H groups in total. The van der Waals surface area contributed by atoms with E-state index in [9.17, 15) is 4.79 Å². The lowest BCUT2D eigenvalue weighted by atomic mass is 10.1. The van der Waals surface area contributed by atoms with Crippen molar-refractivity contribution in [3.63, 3.8) is 0 Å². The van der Waals surface area contributed by atoms with Crippen LogP contribution in [0.25, 0.3) is 22.3 Å². The van der Waals surface area contributed by atoms with E-state index in [-0.39, 0.29) is 5.43 Å². The zero-order chi connectivity index (χ0) is 17.1. The summed E-state index contributed by atoms with van der Waals surface area (Å²) in [7, 11) is 0. The standard InChI is InChI=1S/C22H16O3/c23-20-14-22(25-21-9-5-4-8-19(20)21)17-10-12-18(13-11-17)24-15-16-6-2-1-3-7-16/h1-14H,15H2. The fourth-order valence-electron chi connectivity index (χ4n) is 2.70. The molecule has 0 saturated heterocycles. The van der Waals surface area contributed by atoms with E-state index in [1.165, 1.54) is 6.07 Å². The van der Waals surface area contributed by atoms with Gasteiger partial charge in [-0.2, -0.15) is 0 Å². The maximum absolute atomic E-state index is 12.2. The van der Waals surface area contributed by atoms with Gasteiger partial charge in [-0.25, -0.2) is 0 Å². The highest BCUT2D eigenvalue weighted by Gasteiger charge is 2.06. The SMILES string of the molecule is O=c1cc(-c2ccc(OCc3ccccc3)cc2)oc2ccccc12. The van der Waals surface area contributed by atoms with Crippen molar-refractivity contribution in [3.05, 3.63) is 101 Å². The summed E-state index contributed by atoms with van der Waals surface area (Å²) in [6.07, 6.45) is 0. The first-order valence-corrected chi connectivity index (χ1v) is 8.10.